The van der Waals surface area contributed by atoms with Gasteiger partial charge >= 0.3 is 0 Å². The summed E-state index contributed by atoms with van der Waals surface area (Å²) in [5, 5.41) is 0. The lowest BCUT2D eigenvalue weighted by Gasteiger charge is -1.97. The van der Waals surface area contributed by atoms with E-state index in [0.717, 1.165) is 6.42 Å². The Hall–Kier alpha value is -0.210. The first-order valence-corrected chi connectivity index (χ1v) is 4.11. The molecule has 0 fully saturated rings. The van der Waals surface area contributed by atoms with Gasteiger partial charge in [0.1, 0.15) is 0 Å². The molecule has 0 aliphatic carbocycles. The molecule has 0 rings (SSSR count). The molecule has 0 atom stereocenters. The van der Waals surface area contributed by atoms with Crippen LogP contribution in [0.3, 0.4) is 0 Å². The van der Waals surface area contributed by atoms with E-state index < -0.39 is 0 Å². The highest BCUT2D eigenvalue weighted by Crippen LogP contribution is 2.18. The molecule has 1 nitrogen and oxygen atoms in total. The molecule has 0 spiro atoms. The van der Waals surface area contributed by atoms with Crippen LogP contribution in [0, 0.1) is 0 Å². The van der Waals surface area contributed by atoms with E-state index in [0.29, 0.717) is 0 Å². The van der Waals surface area contributed by atoms with Gasteiger partial charge in [-0.3, -0.25) is 0 Å². The molecular formula is C8H14OS. The summed E-state index contributed by atoms with van der Waals surface area (Å²) in [7, 11) is 1.68. The fraction of sp³-hybridized carbons (Fsp3) is 0.500. The molecule has 10 heavy (non-hydrogen) atoms. The molecule has 0 saturated heterocycles. The van der Waals surface area contributed by atoms with Crippen molar-refractivity contribution in [2.24, 2.45) is 0 Å². The van der Waals surface area contributed by atoms with Crippen LogP contribution in [0.25, 0.3) is 0 Å². The molecule has 0 radical (unpaired) electrons. The van der Waals surface area contributed by atoms with Gasteiger partial charge in [0.2, 0.25) is 0 Å². The van der Waals surface area contributed by atoms with Crippen LogP contribution in [-0.4, -0.2) is 7.11 Å². The Morgan fingerprint density at radius 3 is 2.70 bits per heavy atom. The molecule has 0 aromatic carbocycles. The Balaban J connectivity index is 3.78. The van der Waals surface area contributed by atoms with Gasteiger partial charge in [-0.25, -0.2) is 0 Å². The summed E-state index contributed by atoms with van der Waals surface area (Å²) >= 11 is 1.43. The maximum absolute atomic E-state index is 4.91. The van der Waals surface area contributed by atoms with Crippen molar-refractivity contribution < 1.29 is 4.18 Å². The first-order chi connectivity index (χ1) is 4.85. The number of hydrogen-bond acceptors (Lipinski definition) is 2. The lowest BCUT2D eigenvalue weighted by atomic mass is 10.4. The van der Waals surface area contributed by atoms with Crippen molar-refractivity contribution in [3.8, 4) is 0 Å². The Kier molecular flexibility index (Phi) is 6.76. The Morgan fingerprint density at radius 1 is 1.60 bits per heavy atom. The molecule has 58 valence electrons. The summed E-state index contributed by atoms with van der Waals surface area (Å²) in [6.45, 7) is 4.11. The van der Waals surface area contributed by atoms with Crippen LogP contribution in [0.1, 0.15) is 20.3 Å². The predicted molar refractivity (Wildman–Crippen MR) is 47.8 cm³/mol. The number of rotatable bonds is 4. The van der Waals surface area contributed by atoms with Crippen molar-refractivity contribution in [3.05, 3.63) is 23.1 Å². The molecule has 0 aliphatic rings. The minimum Gasteiger partial charge on any atom is -0.314 e. The van der Waals surface area contributed by atoms with Crippen molar-refractivity contribution in [1.82, 2.24) is 0 Å². The fourth-order valence-corrected chi connectivity index (χ4v) is 0.981. The number of hydrogen-bond donors (Lipinski definition) is 0. The van der Waals surface area contributed by atoms with Crippen LogP contribution >= 0.6 is 12.0 Å². The largest absolute Gasteiger partial charge is 0.314 e. The lowest BCUT2D eigenvalue weighted by Crippen LogP contribution is -1.73. The number of allylic oxidation sites excluding steroid dienone is 4. The second-order valence-electron chi connectivity index (χ2n) is 1.76. The van der Waals surface area contributed by atoms with Crippen molar-refractivity contribution in [1.29, 1.82) is 0 Å². The molecule has 0 aromatic rings. The summed E-state index contributed by atoms with van der Waals surface area (Å²) in [5.74, 6) is 0. The molecule has 0 saturated carbocycles. The van der Waals surface area contributed by atoms with Crippen LogP contribution < -0.4 is 0 Å². The molecule has 0 N–H and O–H groups in total. The highest BCUT2D eigenvalue weighted by Gasteiger charge is 1.90. The highest BCUT2D eigenvalue weighted by molar-refractivity contribution is 7.98. The van der Waals surface area contributed by atoms with Crippen molar-refractivity contribution in [2.45, 2.75) is 20.3 Å². The zero-order valence-electron chi connectivity index (χ0n) is 6.76. The van der Waals surface area contributed by atoms with Crippen LogP contribution in [0.5, 0.6) is 0 Å². The van der Waals surface area contributed by atoms with E-state index in [9.17, 15) is 0 Å². The van der Waals surface area contributed by atoms with Crippen LogP contribution in [0.2, 0.25) is 0 Å². The first kappa shape index (κ1) is 9.79. The molecule has 0 aliphatic heterocycles. The quantitative estimate of drug-likeness (QED) is 0.459. The van der Waals surface area contributed by atoms with Crippen LogP contribution in [0.15, 0.2) is 23.1 Å². The zero-order chi connectivity index (χ0) is 7.82. The normalized spacial score (nSPS) is 12.9. The molecule has 0 bridgehead atoms. The van der Waals surface area contributed by atoms with Gasteiger partial charge < -0.3 is 4.18 Å². The molecule has 2 heteroatoms. The average molecular weight is 158 g/mol. The van der Waals surface area contributed by atoms with Gasteiger partial charge in [-0.05, 0) is 13.3 Å². The maximum Gasteiger partial charge on any atom is 0.0508 e. The Labute approximate surface area is 67.4 Å². The average Bonchev–Trinajstić information content (AvgIpc) is 1.98. The standard InChI is InChI=1S/C8H14OS/c1-4-6-7-8(5-2)10-9-3/h4,6-7H,5H2,1-3H3/b6-4-,8-7+. The lowest BCUT2D eigenvalue weighted by molar-refractivity contribution is 0.492. The third-order valence-electron chi connectivity index (χ3n) is 1.01. The maximum atomic E-state index is 4.91. The van der Waals surface area contributed by atoms with E-state index in [1.807, 2.05) is 19.1 Å². The van der Waals surface area contributed by atoms with E-state index in [-0.39, 0.29) is 0 Å². The minimum atomic E-state index is 1.03. The predicted octanol–water partition coefficient (Wildman–Crippen LogP) is 3.15. The SMILES string of the molecule is C/C=C\C=C(/CC)SOC. The third kappa shape index (κ3) is 4.65. The van der Waals surface area contributed by atoms with Gasteiger partial charge in [0.15, 0.2) is 0 Å². The Bertz CT molecular complexity index is 127. The highest BCUT2D eigenvalue weighted by atomic mass is 32.2. The minimum absolute atomic E-state index is 1.03. The smallest absolute Gasteiger partial charge is 0.0508 e. The van der Waals surface area contributed by atoms with E-state index in [1.165, 1.54) is 16.9 Å². The molecule has 0 aromatic heterocycles. The van der Waals surface area contributed by atoms with Gasteiger partial charge in [0.05, 0.1) is 7.11 Å². The zero-order valence-corrected chi connectivity index (χ0v) is 7.57. The Morgan fingerprint density at radius 2 is 2.30 bits per heavy atom. The van der Waals surface area contributed by atoms with E-state index in [4.69, 9.17) is 4.18 Å². The van der Waals surface area contributed by atoms with Crippen LogP contribution in [0.4, 0.5) is 0 Å². The summed E-state index contributed by atoms with van der Waals surface area (Å²) in [6.07, 6.45) is 7.12. The first-order valence-electron chi connectivity index (χ1n) is 3.37. The molecule has 0 heterocycles. The van der Waals surface area contributed by atoms with Crippen molar-refractivity contribution >= 4 is 12.0 Å². The molecule has 0 unspecified atom stereocenters. The van der Waals surface area contributed by atoms with E-state index >= 15 is 0 Å². The van der Waals surface area contributed by atoms with Crippen LogP contribution in [-0.2, 0) is 4.18 Å². The third-order valence-corrected chi connectivity index (χ3v) is 1.82. The van der Waals surface area contributed by atoms with Gasteiger partial charge in [0.25, 0.3) is 0 Å². The monoisotopic (exact) mass is 158 g/mol. The summed E-state index contributed by atoms with van der Waals surface area (Å²) < 4.78 is 4.91. The molecular weight excluding hydrogens is 144 g/mol. The summed E-state index contributed by atoms with van der Waals surface area (Å²) in [5.41, 5.74) is 0. The van der Waals surface area contributed by atoms with Crippen molar-refractivity contribution in [3.63, 3.8) is 0 Å². The van der Waals surface area contributed by atoms with E-state index in [2.05, 4.69) is 13.0 Å². The van der Waals surface area contributed by atoms with Gasteiger partial charge in [-0.2, -0.15) is 0 Å². The topological polar surface area (TPSA) is 9.23 Å². The van der Waals surface area contributed by atoms with Crippen molar-refractivity contribution in [2.75, 3.05) is 7.11 Å². The second kappa shape index (κ2) is 6.90. The summed E-state index contributed by atoms with van der Waals surface area (Å²) in [4.78, 5) is 1.25. The van der Waals surface area contributed by atoms with Gasteiger partial charge in [-0.15, -0.1) is 0 Å². The molecule has 0 amide bonds. The van der Waals surface area contributed by atoms with Gasteiger partial charge in [-0.1, -0.05) is 25.2 Å². The summed E-state index contributed by atoms with van der Waals surface area (Å²) in [6, 6.07) is 0. The van der Waals surface area contributed by atoms with Gasteiger partial charge in [0, 0.05) is 16.9 Å². The second-order valence-corrected chi connectivity index (χ2v) is 2.79. The fourth-order valence-electron chi connectivity index (χ4n) is 0.515. The van der Waals surface area contributed by atoms with E-state index in [1.54, 1.807) is 7.11 Å².